The molecule has 0 saturated carbocycles. The topological polar surface area (TPSA) is 76.4 Å². The van der Waals surface area contributed by atoms with Crippen LogP contribution in [0.3, 0.4) is 0 Å². The standard InChI is InChI=1S/C21H27NO4S/c1-13(2)27(24,25)19-9-7-6-8-15(19)20(23)22-17-11-21(4,5)12-18-16(17)10-14(3)26-18/h6-10,13,17H,11-12H2,1-5H3,(H,22,23). The molecule has 1 heterocycles. The van der Waals surface area contributed by atoms with E-state index in [9.17, 15) is 13.2 Å². The predicted octanol–water partition coefficient (Wildman–Crippen LogP) is 4.21. The summed E-state index contributed by atoms with van der Waals surface area (Å²) >= 11 is 0. The molecule has 1 aromatic heterocycles. The van der Waals surface area contributed by atoms with Crippen LogP contribution in [0.1, 0.15) is 67.6 Å². The minimum Gasteiger partial charge on any atom is -0.466 e. The van der Waals surface area contributed by atoms with Crippen LogP contribution in [0, 0.1) is 12.3 Å². The number of carbonyl (C=O) groups excluding carboxylic acids is 1. The summed E-state index contributed by atoms with van der Waals surface area (Å²) in [5.74, 6) is 1.35. The van der Waals surface area contributed by atoms with Crippen molar-refractivity contribution in [3.63, 3.8) is 0 Å². The van der Waals surface area contributed by atoms with E-state index in [-0.39, 0.29) is 27.8 Å². The lowest BCUT2D eigenvalue weighted by atomic mass is 9.74. The largest absolute Gasteiger partial charge is 0.466 e. The number of rotatable bonds is 4. The Morgan fingerprint density at radius 2 is 1.93 bits per heavy atom. The summed E-state index contributed by atoms with van der Waals surface area (Å²) in [6.07, 6.45) is 1.59. The van der Waals surface area contributed by atoms with E-state index in [1.807, 2.05) is 13.0 Å². The molecular weight excluding hydrogens is 362 g/mol. The molecule has 5 nitrogen and oxygen atoms in total. The van der Waals surface area contributed by atoms with Gasteiger partial charge in [0.25, 0.3) is 5.91 Å². The third kappa shape index (κ3) is 3.81. The number of hydrogen-bond acceptors (Lipinski definition) is 4. The van der Waals surface area contributed by atoms with Crippen LogP contribution in [-0.2, 0) is 16.3 Å². The van der Waals surface area contributed by atoms with Gasteiger partial charge in [-0.05, 0) is 50.8 Å². The van der Waals surface area contributed by atoms with Gasteiger partial charge in [-0.25, -0.2) is 8.42 Å². The van der Waals surface area contributed by atoms with Gasteiger partial charge in [0, 0.05) is 12.0 Å². The Labute approximate surface area is 161 Å². The third-order valence-electron chi connectivity index (χ3n) is 5.10. The van der Waals surface area contributed by atoms with Crippen LogP contribution >= 0.6 is 0 Å². The maximum atomic E-state index is 13.0. The second kappa shape index (κ2) is 6.82. The molecule has 1 atom stereocenters. The first-order valence-electron chi connectivity index (χ1n) is 9.24. The van der Waals surface area contributed by atoms with Crippen molar-refractivity contribution in [2.24, 2.45) is 5.41 Å². The number of benzene rings is 1. The lowest BCUT2D eigenvalue weighted by Gasteiger charge is -2.34. The summed E-state index contributed by atoms with van der Waals surface area (Å²) in [5.41, 5.74) is 1.17. The number of amides is 1. The molecular formula is C21H27NO4S. The van der Waals surface area contributed by atoms with Crippen LogP contribution in [0.25, 0.3) is 0 Å². The molecule has 0 aliphatic heterocycles. The first-order valence-corrected chi connectivity index (χ1v) is 10.8. The summed E-state index contributed by atoms with van der Waals surface area (Å²) in [5, 5.41) is 2.45. The number of nitrogens with one attached hydrogen (secondary N) is 1. The Morgan fingerprint density at radius 1 is 1.26 bits per heavy atom. The number of fused-ring (bicyclic) bond motifs is 1. The minimum atomic E-state index is -3.55. The van der Waals surface area contributed by atoms with Crippen molar-refractivity contribution >= 4 is 15.7 Å². The molecule has 1 N–H and O–H groups in total. The van der Waals surface area contributed by atoms with Crippen LogP contribution in [0.15, 0.2) is 39.6 Å². The quantitative estimate of drug-likeness (QED) is 0.850. The molecule has 1 unspecified atom stereocenters. The van der Waals surface area contributed by atoms with Crippen LogP contribution in [0.5, 0.6) is 0 Å². The fourth-order valence-corrected chi connectivity index (χ4v) is 4.95. The molecule has 27 heavy (non-hydrogen) atoms. The maximum absolute atomic E-state index is 13.0. The van der Waals surface area contributed by atoms with E-state index in [2.05, 4.69) is 19.2 Å². The van der Waals surface area contributed by atoms with Crippen molar-refractivity contribution in [3.05, 3.63) is 53.0 Å². The van der Waals surface area contributed by atoms with E-state index in [4.69, 9.17) is 4.42 Å². The third-order valence-corrected chi connectivity index (χ3v) is 7.31. The SMILES string of the molecule is Cc1cc2c(o1)CC(C)(C)CC2NC(=O)c1ccccc1S(=O)(=O)C(C)C. The van der Waals surface area contributed by atoms with Crippen molar-refractivity contribution in [1.82, 2.24) is 5.32 Å². The van der Waals surface area contributed by atoms with Crippen LogP contribution in [0.2, 0.25) is 0 Å². The molecule has 0 spiro atoms. The van der Waals surface area contributed by atoms with Gasteiger partial charge in [0.15, 0.2) is 9.84 Å². The van der Waals surface area contributed by atoms with Gasteiger partial charge in [-0.2, -0.15) is 0 Å². The van der Waals surface area contributed by atoms with Gasteiger partial charge in [-0.3, -0.25) is 4.79 Å². The van der Waals surface area contributed by atoms with E-state index in [1.165, 1.54) is 6.07 Å². The highest BCUT2D eigenvalue weighted by atomic mass is 32.2. The lowest BCUT2D eigenvalue weighted by Crippen LogP contribution is -2.36. The van der Waals surface area contributed by atoms with E-state index in [0.717, 1.165) is 29.9 Å². The molecule has 3 rings (SSSR count). The number of furan rings is 1. The molecule has 0 bridgehead atoms. The molecule has 6 heteroatoms. The second-order valence-electron chi connectivity index (χ2n) is 8.40. The average molecular weight is 390 g/mol. The summed E-state index contributed by atoms with van der Waals surface area (Å²) in [7, 11) is -3.55. The zero-order valence-electron chi connectivity index (χ0n) is 16.5. The summed E-state index contributed by atoms with van der Waals surface area (Å²) in [4.78, 5) is 13.1. The molecule has 1 amide bonds. The predicted molar refractivity (Wildman–Crippen MR) is 105 cm³/mol. The molecule has 1 aliphatic carbocycles. The van der Waals surface area contributed by atoms with Crippen molar-refractivity contribution in [2.45, 2.75) is 63.6 Å². The first kappa shape index (κ1) is 19.7. The van der Waals surface area contributed by atoms with Crippen LogP contribution < -0.4 is 5.32 Å². The Morgan fingerprint density at radius 3 is 2.59 bits per heavy atom. The van der Waals surface area contributed by atoms with Gasteiger partial charge in [-0.15, -0.1) is 0 Å². The smallest absolute Gasteiger partial charge is 0.253 e. The Balaban J connectivity index is 1.96. The number of aryl methyl sites for hydroxylation is 1. The fraction of sp³-hybridized carbons (Fsp3) is 0.476. The maximum Gasteiger partial charge on any atom is 0.253 e. The van der Waals surface area contributed by atoms with Gasteiger partial charge in [0.05, 0.1) is 21.8 Å². The van der Waals surface area contributed by atoms with Crippen molar-refractivity contribution in [2.75, 3.05) is 0 Å². The summed E-state index contributed by atoms with van der Waals surface area (Å²) < 4.78 is 31.1. The van der Waals surface area contributed by atoms with Gasteiger partial charge < -0.3 is 9.73 Å². The molecule has 146 valence electrons. The highest BCUT2D eigenvalue weighted by molar-refractivity contribution is 7.92. The van der Waals surface area contributed by atoms with E-state index in [0.29, 0.717) is 0 Å². The molecule has 1 aromatic carbocycles. The van der Waals surface area contributed by atoms with E-state index < -0.39 is 15.1 Å². The highest BCUT2D eigenvalue weighted by Crippen LogP contribution is 2.42. The van der Waals surface area contributed by atoms with Gasteiger partial charge in [0.1, 0.15) is 11.5 Å². The lowest BCUT2D eigenvalue weighted by molar-refractivity contribution is 0.0914. The zero-order chi connectivity index (χ0) is 20.0. The number of hydrogen-bond donors (Lipinski definition) is 1. The van der Waals surface area contributed by atoms with Crippen molar-refractivity contribution in [1.29, 1.82) is 0 Å². The summed E-state index contributed by atoms with van der Waals surface area (Å²) in [6.45, 7) is 9.42. The zero-order valence-corrected chi connectivity index (χ0v) is 17.3. The first-order chi connectivity index (χ1) is 12.5. The molecule has 0 saturated heterocycles. The molecule has 0 fully saturated rings. The fourth-order valence-electron chi connectivity index (χ4n) is 3.71. The van der Waals surface area contributed by atoms with Crippen LogP contribution in [-0.4, -0.2) is 19.6 Å². The minimum absolute atomic E-state index is 0.0151. The van der Waals surface area contributed by atoms with Crippen LogP contribution in [0.4, 0.5) is 0 Å². The van der Waals surface area contributed by atoms with Crippen molar-refractivity contribution in [3.8, 4) is 0 Å². The Bertz CT molecular complexity index is 970. The Hall–Kier alpha value is -2.08. The normalized spacial score (nSPS) is 19.0. The van der Waals surface area contributed by atoms with Gasteiger partial charge >= 0.3 is 0 Å². The highest BCUT2D eigenvalue weighted by Gasteiger charge is 2.36. The number of sulfone groups is 1. The summed E-state index contributed by atoms with van der Waals surface area (Å²) in [6, 6.07) is 8.16. The van der Waals surface area contributed by atoms with Crippen molar-refractivity contribution < 1.29 is 17.6 Å². The molecule has 2 aromatic rings. The second-order valence-corrected chi connectivity index (χ2v) is 10.9. The van der Waals surface area contributed by atoms with Gasteiger partial charge in [0.2, 0.25) is 0 Å². The van der Waals surface area contributed by atoms with E-state index in [1.54, 1.807) is 32.0 Å². The number of carbonyl (C=O) groups is 1. The molecule has 0 radical (unpaired) electrons. The Kier molecular flexibility index (Phi) is 4.97. The van der Waals surface area contributed by atoms with E-state index >= 15 is 0 Å². The monoisotopic (exact) mass is 389 g/mol. The van der Waals surface area contributed by atoms with Gasteiger partial charge in [-0.1, -0.05) is 26.0 Å². The molecule has 1 aliphatic rings. The average Bonchev–Trinajstić information content (AvgIpc) is 2.93.